The van der Waals surface area contributed by atoms with Gasteiger partial charge in [0.25, 0.3) is 5.56 Å². The Morgan fingerprint density at radius 2 is 2.24 bits per heavy atom. The molecule has 0 amide bonds. The second-order valence-electron chi connectivity index (χ2n) is 4.75. The first-order chi connectivity index (χ1) is 8.12. The lowest BCUT2D eigenvalue weighted by Crippen LogP contribution is -2.29. The van der Waals surface area contributed by atoms with E-state index in [9.17, 15) is 4.79 Å². The summed E-state index contributed by atoms with van der Waals surface area (Å²) in [6, 6.07) is 0. The molecule has 0 atom stereocenters. The van der Waals surface area contributed by atoms with E-state index >= 15 is 0 Å². The molecule has 17 heavy (non-hydrogen) atoms. The van der Waals surface area contributed by atoms with Crippen LogP contribution in [-0.4, -0.2) is 23.1 Å². The Labute approximate surface area is 115 Å². The van der Waals surface area contributed by atoms with Crippen LogP contribution in [0.1, 0.15) is 33.1 Å². The van der Waals surface area contributed by atoms with Crippen LogP contribution in [0.25, 0.3) is 0 Å². The minimum Gasteiger partial charge on any atom is -0.355 e. The fourth-order valence-electron chi connectivity index (χ4n) is 2.54. The number of anilines is 1. The maximum atomic E-state index is 11.6. The second kappa shape index (κ2) is 4.96. The Morgan fingerprint density at radius 1 is 1.53 bits per heavy atom. The van der Waals surface area contributed by atoms with Crippen molar-refractivity contribution in [2.45, 2.75) is 33.1 Å². The van der Waals surface area contributed by atoms with E-state index in [-0.39, 0.29) is 5.56 Å². The largest absolute Gasteiger partial charge is 0.355 e. The van der Waals surface area contributed by atoms with Crippen LogP contribution in [0.3, 0.4) is 0 Å². The van der Waals surface area contributed by atoms with Gasteiger partial charge in [0.2, 0.25) is 0 Å². The van der Waals surface area contributed by atoms with Gasteiger partial charge in [0.15, 0.2) is 0 Å². The van der Waals surface area contributed by atoms with Gasteiger partial charge in [0, 0.05) is 13.1 Å². The lowest BCUT2D eigenvalue weighted by Gasteiger charge is -2.26. The number of rotatable bonds is 3. The highest BCUT2D eigenvalue weighted by Gasteiger charge is 2.36. The van der Waals surface area contributed by atoms with Gasteiger partial charge in [-0.1, -0.05) is 13.8 Å². The summed E-state index contributed by atoms with van der Waals surface area (Å²) in [4.78, 5) is 20.8. The standard InChI is InChI=1S/C12H18IN3O/c1-3-12(4-2)5-6-16(7-12)10-9(13)11(17)15-8-14-10/h8H,3-7H2,1-2H3,(H,14,15,17). The normalized spacial score (nSPS) is 18.6. The van der Waals surface area contributed by atoms with E-state index in [0.29, 0.717) is 8.99 Å². The average Bonchev–Trinajstić information content (AvgIpc) is 2.78. The summed E-state index contributed by atoms with van der Waals surface area (Å²) in [5.41, 5.74) is 0.369. The Balaban J connectivity index is 2.26. The van der Waals surface area contributed by atoms with Gasteiger partial charge in [-0.2, -0.15) is 0 Å². The molecule has 1 fully saturated rings. The molecule has 1 aliphatic heterocycles. The molecule has 0 unspecified atom stereocenters. The summed E-state index contributed by atoms with van der Waals surface area (Å²) >= 11 is 2.08. The molecule has 94 valence electrons. The van der Waals surface area contributed by atoms with Gasteiger partial charge >= 0.3 is 0 Å². The zero-order valence-corrected chi connectivity index (χ0v) is 12.5. The van der Waals surface area contributed by atoms with Crippen molar-refractivity contribution in [2.24, 2.45) is 5.41 Å². The quantitative estimate of drug-likeness (QED) is 0.855. The fraction of sp³-hybridized carbons (Fsp3) is 0.667. The highest BCUT2D eigenvalue weighted by atomic mass is 127. The molecule has 0 bridgehead atoms. The molecule has 2 rings (SSSR count). The highest BCUT2D eigenvalue weighted by molar-refractivity contribution is 14.1. The number of aromatic nitrogens is 2. The van der Waals surface area contributed by atoms with E-state index in [4.69, 9.17) is 0 Å². The number of hydrogen-bond acceptors (Lipinski definition) is 3. The van der Waals surface area contributed by atoms with Gasteiger partial charge in [-0.15, -0.1) is 0 Å². The van der Waals surface area contributed by atoms with Crippen molar-refractivity contribution in [3.8, 4) is 0 Å². The molecular formula is C12H18IN3O. The molecule has 0 aromatic carbocycles. The van der Waals surface area contributed by atoms with Crippen LogP contribution in [0, 0.1) is 8.99 Å². The Bertz CT molecular complexity index is 453. The number of nitrogens with zero attached hydrogens (tertiary/aromatic N) is 2. The number of hydrogen-bond donors (Lipinski definition) is 1. The zero-order valence-electron chi connectivity index (χ0n) is 10.3. The monoisotopic (exact) mass is 347 g/mol. The van der Waals surface area contributed by atoms with E-state index < -0.39 is 0 Å². The van der Waals surface area contributed by atoms with Crippen molar-refractivity contribution < 1.29 is 0 Å². The lowest BCUT2D eigenvalue weighted by atomic mass is 9.82. The minimum atomic E-state index is -0.0407. The Kier molecular flexibility index (Phi) is 3.75. The number of halogens is 1. The second-order valence-corrected chi connectivity index (χ2v) is 5.83. The van der Waals surface area contributed by atoms with E-state index in [1.165, 1.54) is 25.6 Å². The third kappa shape index (κ3) is 2.34. The van der Waals surface area contributed by atoms with Gasteiger partial charge < -0.3 is 9.88 Å². The topological polar surface area (TPSA) is 49.0 Å². The van der Waals surface area contributed by atoms with Gasteiger partial charge in [-0.05, 0) is 47.3 Å². The predicted octanol–water partition coefficient (Wildman–Crippen LogP) is 2.39. The fourth-order valence-corrected chi connectivity index (χ4v) is 3.17. The minimum absolute atomic E-state index is 0.0407. The first kappa shape index (κ1) is 12.9. The van der Waals surface area contributed by atoms with Crippen LogP contribution >= 0.6 is 22.6 Å². The predicted molar refractivity (Wildman–Crippen MR) is 77.4 cm³/mol. The summed E-state index contributed by atoms with van der Waals surface area (Å²) < 4.78 is 0.702. The van der Waals surface area contributed by atoms with Crippen LogP contribution in [-0.2, 0) is 0 Å². The smallest absolute Gasteiger partial charge is 0.266 e. The zero-order chi connectivity index (χ0) is 12.5. The molecule has 1 aromatic rings. The van der Waals surface area contributed by atoms with Crippen molar-refractivity contribution in [1.82, 2.24) is 9.97 Å². The average molecular weight is 347 g/mol. The summed E-state index contributed by atoms with van der Waals surface area (Å²) in [6.07, 6.45) is 5.09. The molecular weight excluding hydrogens is 329 g/mol. The molecule has 4 nitrogen and oxygen atoms in total. The Morgan fingerprint density at radius 3 is 2.82 bits per heavy atom. The summed E-state index contributed by atoms with van der Waals surface area (Å²) in [7, 11) is 0. The molecule has 0 saturated carbocycles. The first-order valence-electron chi connectivity index (χ1n) is 6.10. The number of nitrogens with one attached hydrogen (secondary N) is 1. The molecule has 0 radical (unpaired) electrons. The van der Waals surface area contributed by atoms with E-state index in [0.717, 1.165) is 18.9 Å². The SMILES string of the molecule is CCC1(CC)CCN(c2nc[nH]c(=O)c2I)C1. The molecule has 1 aliphatic rings. The maximum Gasteiger partial charge on any atom is 0.266 e. The molecule has 1 aromatic heterocycles. The maximum absolute atomic E-state index is 11.6. The third-order valence-electron chi connectivity index (χ3n) is 4.02. The third-order valence-corrected chi connectivity index (χ3v) is 4.99. The summed E-state index contributed by atoms with van der Waals surface area (Å²) in [6.45, 7) is 6.53. The number of H-pyrrole nitrogens is 1. The van der Waals surface area contributed by atoms with Crippen molar-refractivity contribution in [3.63, 3.8) is 0 Å². The van der Waals surface area contributed by atoms with Gasteiger partial charge in [0.05, 0.1) is 6.33 Å². The van der Waals surface area contributed by atoms with Crippen LogP contribution in [0.5, 0.6) is 0 Å². The van der Waals surface area contributed by atoms with E-state index in [1.54, 1.807) is 0 Å². The molecule has 0 aliphatic carbocycles. The van der Waals surface area contributed by atoms with Crippen molar-refractivity contribution in [3.05, 3.63) is 20.3 Å². The van der Waals surface area contributed by atoms with Crippen LogP contribution in [0.15, 0.2) is 11.1 Å². The molecule has 1 saturated heterocycles. The lowest BCUT2D eigenvalue weighted by molar-refractivity contribution is 0.301. The summed E-state index contributed by atoms with van der Waals surface area (Å²) in [5, 5.41) is 0. The highest BCUT2D eigenvalue weighted by Crippen LogP contribution is 2.38. The Hall–Kier alpha value is -0.590. The molecule has 0 spiro atoms. The van der Waals surface area contributed by atoms with Gasteiger partial charge in [-0.25, -0.2) is 4.98 Å². The van der Waals surface area contributed by atoms with E-state index in [2.05, 4.69) is 51.3 Å². The van der Waals surface area contributed by atoms with Gasteiger partial charge in [-0.3, -0.25) is 4.79 Å². The van der Waals surface area contributed by atoms with Crippen molar-refractivity contribution in [2.75, 3.05) is 18.0 Å². The van der Waals surface area contributed by atoms with Crippen molar-refractivity contribution >= 4 is 28.4 Å². The van der Waals surface area contributed by atoms with Crippen LogP contribution in [0.2, 0.25) is 0 Å². The number of aromatic amines is 1. The van der Waals surface area contributed by atoms with Gasteiger partial charge in [0.1, 0.15) is 9.39 Å². The molecule has 1 N–H and O–H groups in total. The van der Waals surface area contributed by atoms with E-state index in [1.807, 2.05) is 0 Å². The first-order valence-corrected chi connectivity index (χ1v) is 7.18. The molecule has 5 heteroatoms. The molecule has 2 heterocycles. The van der Waals surface area contributed by atoms with Crippen LogP contribution < -0.4 is 10.5 Å². The summed E-state index contributed by atoms with van der Waals surface area (Å²) in [5.74, 6) is 0.845. The van der Waals surface area contributed by atoms with Crippen molar-refractivity contribution in [1.29, 1.82) is 0 Å². The van der Waals surface area contributed by atoms with Crippen LogP contribution in [0.4, 0.5) is 5.82 Å².